The highest BCUT2D eigenvalue weighted by Gasteiger charge is 2.92. The van der Waals surface area contributed by atoms with Crippen molar-refractivity contribution in [3.63, 3.8) is 0 Å². The zero-order chi connectivity index (χ0) is 13.5. The molecule has 6 rings (SSSR count). The van der Waals surface area contributed by atoms with Gasteiger partial charge in [-0.25, -0.2) is 0 Å². The Morgan fingerprint density at radius 2 is 2.25 bits per heavy atom. The van der Waals surface area contributed by atoms with Crippen LogP contribution in [0.2, 0.25) is 0 Å². The Morgan fingerprint density at radius 3 is 2.95 bits per heavy atom. The summed E-state index contributed by atoms with van der Waals surface area (Å²) >= 11 is 0. The topological polar surface area (TPSA) is 38.9 Å². The molecule has 1 aromatic heterocycles. The van der Waals surface area contributed by atoms with Crippen LogP contribution >= 0.6 is 0 Å². The molecule has 0 amide bonds. The molecule has 4 aliphatic carbocycles. The first kappa shape index (κ1) is 10.8. The van der Waals surface area contributed by atoms with Crippen molar-refractivity contribution in [1.29, 1.82) is 0 Å². The van der Waals surface area contributed by atoms with Gasteiger partial charge in [0.25, 0.3) is 0 Å². The van der Waals surface area contributed by atoms with E-state index in [2.05, 4.69) is 54.3 Å². The third kappa shape index (κ3) is 1.05. The molecular weight excluding hydrogens is 248 g/mol. The zero-order valence-corrected chi connectivity index (χ0v) is 11.6. The maximum Gasteiger partial charge on any atom is 0.226 e. The van der Waals surface area contributed by atoms with Gasteiger partial charge in [0.1, 0.15) is 0 Å². The first-order chi connectivity index (χ1) is 9.76. The Morgan fingerprint density at radius 1 is 1.35 bits per heavy atom. The second-order valence-electron chi connectivity index (χ2n) is 6.32. The van der Waals surface area contributed by atoms with Gasteiger partial charge in [0.2, 0.25) is 5.89 Å². The van der Waals surface area contributed by atoms with Crippen molar-refractivity contribution in [2.75, 3.05) is 0 Å². The van der Waals surface area contributed by atoms with Crippen LogP contribution in [0.1, 0.15) is 29.8 Å². The average molecular weight is 264 g/mol. The fourth-order valence-electron chi connectivity index (χ4n) is 4.30. The second-order valence-corrected chi connectivity index (χ2v) is 6.32. The monoisotopic (exact) mass is 264 g/mol. The molecule has 0 radical (unpaired) electrons. The first-order valence-corrected chi connectivity index (χ1v) is 7.38. The van der Waals surface area contributed by atoms with E-state index < -0.39 is 0 Å². The molecule has 0 saturated heterocycles. The fraction of sp³-hybridized carbons (Fsp3) is 0.412. The van der Waals surface area contributed by atoms with Gasteiger partial charge in [-0.2, -0.15) is 4.98 Å². The van der Waals surface area contributed by atoms with Crippen LogP contribution in [0.15, 0.2) is 34.9 Å². The number of hydrogen-bond acceptors (Lipinski definition) is 3. The van der Waals surface area contributed by atoms with E-state index in [0.29, 0.717) is 11.8 Å². The minimum absolute atomic E-state index is 0.218. The summed E-state index contributed by atoms with van der Waals surface area (Å²) in [4.78, 5) is 4.58. The molecule has 0 N–H and O–H groups in total. The second kappa shape index (κ2) is 3.22. The minimum atomic E-state index is 0.218. The summed E-state index contributed by atoms with van der Waals surface area (Å²) in [6.45, 7) is 4.20. The summed E-state index contributed by atoms with van der Waals surface area (Å²) in [5, 5.41) is 4.23. The van der Waals surface area contributed by atoms with Gasteiger partial charge < -0.3 is 4.52 Å². The Bertz CT molecular complexity index is 760. The molecule has 20 heavy (non-hydrogen) atoms. The summed E-state index contributed by atoms with van der Waals surface area (Å²) in [7, 11) is 0. The van der Waals surface area contributed by atoms with E-state index in [0.717, 1.165) is 24.1 Å². The molecule has 3 nitrogen and oxygen atoms in total. The molecule has 1 aromatic carbocycles. The van der Waals surface area contributed by atoms with Crippen molar-refractivity contribution >= 4 is 5.57 Å². The molecule has 2 fully saturated rings. The van der Waals surface area contributed by atoms with Crippen molar-refractivity contribution in [3.8, 4) is 0 Å². The highest BCUT2D eigenvalue weighted by Crippen LogP contribution is 2.90. The minimum Gasteiger partial charge on any atom is -0.339 e. The molecule has 1 unspecified atom stereocenters. The largest absolute Gasteiger partial charge is 0.339 e. The number of rotatable bonds is 3. The van der Waals surface area contributed by atoms with E-state index in [1.165, 1.54) is 16.7 Å². The van der Waals surface area contributed by atoms with Gasteiger partial charge in [0, 0.05) is 12.3 Å². The molecule has 100 valence electrons. The van der Waals surface area contributed by atoms with Gasteiger partial charge in [0.05, 0.1) is 5.41 Å². The Balaban J connectivity index is 1.49. The molecule has 2 saturated carbocycles. The van der Waals surface area contributed by atoms with E-state index in [-0.39, 0.29) is 5.41 Å². The van der Waals surface area contributed by atoms with E-state index in [1.54, 1.807) is 0 Å². The smallest absolute Gasteiger partial charge is 0.226 e. The van der Waals surface area contributed by atoms with Crippen LogP contribution < -0.4 is 0 Å². The van der Waals surface area contributed by atoms with E-state index in [4.69, 9.17) is 4.52 Å². The number of hydrogen-bond donors (Lipinski definition) is 0. The molecule has 2 bridgehead atoms. The Hall–Kier alpha value is -1.90. The van der Waals surface area contributed by atoms with Crippen molar-refractivity contribution < 1.29 is 4.52 Å². The van der Waals surface area contributed by atoms with Crippen LogP contribution in [-0.4, -0.2) is 10.1 Å². The van der Waals surface area contributed by atoms with Crippen LogP contribution in [0.3, 0.4) is 0 Å². The standard InChI is InChI=1S/C17H16N2O/c1-3-13-18-16(19-20-13)17-12-8-11(14(17)15(12)17)10-6-4-5-9(2)7-10/h4-8,12,14-15H,3H2,1-2H3/t12-,14?,15-,17+/m0/s1. The average Bonchev–Trinajstić information content (AvgIpc) is 3.03. The lowest BCUT2D eigenvalue weighted by Crippen LogP contribution is -2.08. The molecule has 2 aromatic rings. The third-order valence-electron chi connectivity index (χ3n) is 5.35. The first-order valence-electron chi connectivity index (χ1n) is 7.38. The molecule has 0 spiro atoms. The van der Waals surface area contributed by atoms with Gasteiger partial charge in [-0.3, -0.25) is 0 Å². The molecule has 1 heterocycles. The SMILES string of the molecule is CCc1nc([C@@]23C4C(c5cccc(C)c5)=C[C@H]2[C@@H]43)no1. The molecule has 3 heteroatoms. The van der Waals surface area contributed by atoms with E-state index >= 15 is 0 Å². The van der Waals surface area contributed by atoms with Gasteiger partial charge >= 0.3 is 0 Å². The molecule has 0 aliphatic heterocycles. The maximum absolute atomic E-state index is 5.31. The quantitative estimate of drug-likeness (QED) is 0.854. The zero-order valence-electron chi connectivity index (χ0n) is 11.6. The fourth-order valence-corrected chi connectivity index (χ4v) is 4.30. The molecular formula is C17H16N2O. The Labute approximate surface area is 117 Å². The van der Waals surface area contributed by atoms with Crippen LogP contribution in [0.25, 0.3) is 5.57 Å². The normalized spacial score (nSPS) is 35.7. The lowest BCUT2D eigenvalue weighted by Gasteiger charge is -2.08. The van der Waals surface area contributed by atoms with Crippen molar-refractivity contribution in [2.24, 2.45) is 17.8 Å². The third-order valence-corrected chi connectivity index (χ3v) is 5.35. The maximum atomic E-state index is 5.31. The van der Waals surface area contributed by atoms with Gasteiger partial charge in [-0.15, -0.1) is 0 Å². The van der Waals surface area contributed by atoms with Gasteiger partial charge in [0.15, 0.2) is 5.82 Å². The highest BCUT2D eigenvalue weighted by atomic mass is 16.5. The lowest BCUT2D eigenvalue weighted by molar-refractivity contribution is 0.372. The number of allylic oxidation sites excluding steroid dienone is 2. The van der Waals surface area contributed by atoms with Crippen LogP contribution in [0.5, 0.6) is 0 Å². The predicted octanol–water partition coefficient (Wildman–Crippen LogP) is 3.15. The molecule has 4 atom stereocenters. The predicted molar refractivity (Wildman–Crippen MR) is 75.0 cm³/mol. The number of aromatic nitrogens is 2. The summed E-state index contributed by atoms with van der Waals surface area (Å²) < 4.78 is 5.31. The Kier molecular flexibility index (Phi) is 1.74. The molecule has 4 aliphatic rings. The van der Waals surface area contributed by atoms with Gasteiger partial charge in [-0.05, 0) is 29.9 Å². The van der Waals surface area contributed by atoms with Crippen molar-refractivity contribution in [2.45, 2.75) is 25.7 Å². The van der Waals surface area contributed by atoms with Gasteiger partial charge in [-0.1, -0.05) is 48.0 Å². The summed E-state index contributed by atoms with van der Waals surface area (Å²) in [5.41, 5.74) is 4.42. The number of nitrogens with zero attached hydrogens (tertiary/aromatic N) is 2. The van der Waals surface area contributed by atoms with Crippen molar-refractivity contribution in [3.05, 3.63) is 53.2 Å². The summed E-state index contributed by atoms with van der Waals surface area (Å²) in [5.74, 6) is 3.76. The highest BCUT2D eigenvalue weighted by molar-refractivity contribution is 5.84. The van der Waals surface area contributed by atoms with E-state index in [9.17, 15) is 0 Å². The van der Waals surface area contributed by atoms with Crippen LogP contribution in [0.4, 0.5) is 0 Å². The van der Waals surface area contributed by atoms with Crippen molar-refractivity contribution in [1.82, 2.24) is 10.1 Å². The number of aryl methyl sites for hydroxylation is 2. The van der Waals surface area contributed by atoms with Crippen LogP contribution in [0, 0.1) is 24.7 Å². The summed E-state index contributed by atoms with van der Waals surface area (Å²) in [6, 6.07) is 8.80. The van der Waals surface area contributed by atoms with Crippen LogP contribution in [-0.2, 0) is 11.8 Å². The lowest BCUT2D eigenvalue weighted by atomic mass is 9.96. The summed E-state index contributed by atoms with van der Waals surface area (Å²) in [6.07, 6.45) is 3.27. The number of benzene rings is 1. The van der Waals surface area contributed by atoms with E-state index in [1.807, 2.05) is 0 Å².